The molecule has 0 saturated carbocycles. The van der Waals surface area contributed by atoms with Gasteiger partial charge in [-0.3, -0.25) is 9.59 Å². The van der Waals surface area contributed by atoms with Gasteiger partial charge in [-0.25, -0.2) is 0 Å². The van der Waals surface area contributed by atoms with Crippen molar-refractivity contribution < 1.29 is 9.59 Å². The minimum absolute atomic E-state index is 0.0650. The number of piperazine rings is 1. The zero-order valence-electron chi connectivity index (χ0n) is 16.7. The molecule has 0 aliphatic carbocycles. The highest BCUT2D eigenvalue weighted by Crippen LogP contribution is 2.22. The first-order chi connectivity index (χ1) is 12.8. The smallest absolute Gasteiger partial charge is 0.253 e. The molecule has 0 spiro atoms. The number of anilines is 1. The van der Waals surface area contributed by atoms with Crippen LogP contribution in [0.4, 0.5) is 5.69 Å². The standard InChI is InChI=1S/C22H29N3O2/c1-6-20(23-19(5)26)9-8-17(3)22(27)25-13-11-24(12-14-25)21-10-7-16(2)15-18(21)4/h6-10,15H,3,11-14H2,1-2,4-5H3,(H,23,26)/b9-8-,20-6+. The predicted octanol–water partition coefficient (Wildman–Crippen LogP) is 3.10. The molecule has 0 bridgehead atoms. The topological polar surface area (TPSA) is 52.7 Å². The number of nitrogens with zero attached hydrogens (tertiary/aromatic N) is 2. The third-order valence-corrected chi connectivity index (χ3v) is 4.63. The van der Waals surface area contributed by atoms with Gasteiger partial charge in [0.25, 0.3) is 5.91 Å². The van der Waals surface area contributed by atoms with Crippen LogP contribution in [0.5, 0.6) is 0 Å². The van der Waals surface area contributed by atoms with Gasteiger partial charge in [0.2, 0.25) is 5.91 Å². The Morgan fingerprint density at radius 3 is 2.33 bits per heavy atom. The van der Waals surface area contributed by atoms with Crippen molar-refractivity contribution in [2.75, 3.05) is 31.1 Å². The van der Waals surface area contributed by atoms with Crippen molar-refractivity contribution in [2.24, 2.45) is 0 Å². The molecule has 1 saturated heterocycles. The lowest BCUT2D eigenvalue weighted by molar-refractivity contribution is -0.127. The molecular formula is C22H29N3O2. The first kappa shape index (κ1) is 20.5. The second kappa shape index (κ2) is 9.21. The summed E-state index contributed by atoms with van der Waals surface area (Å²) in [4.78, 5) is 27.9. The van der Waals surface area contributed by atoms with Crippen molar-refractivity contribution in [2.45, 2.75) is 27.7 Å². The molecule has 0 unspecified atom stereocenters. The minimum Gasteiger partial charge on any atom is -0.368 e. The molecule has 1 aromatic rings. The molecule has 1 aromatic carbocycles. The second-order valence-electron chi connectivity index (χ2n) is 6.85. The minimum atomic E-state index is -0.146. The monoisotopic (exact) mass is 367 g/mol. The molecule has 0 aromatic heterocycles. The Balaban J connectivity index is 1.94. The molecule has 2 amide bonds. The number of nitrogens with one attached hydrogen (secondary N) is 1. The Labute approximate surface area is 162 Å². The number of carbonyl (C=O) groups excluding carboxylic acids is 2. The van der Waals surface area contributed by atoms with Gasteiger partial charge in [0, 0.05) is 50.1 Å². The quantitative estimate of drug-likeness (QED) is 0.643. The van der Waals surface area contributed by atoms with Gasteiger partial charge >= 0.3 is 0 Å². The fourth-order valence-electron chi connectivity index (χ4n) is 3.19. The summed E-state index contributed by atoms with van der Waals surface area (Å²) in [7, 11) is 0. The Morgan fingerprint density at radius 2 is 1.78 bits per heavy atom. The maximum absolute atomic E-state index is 12.6. The molecule has 1 fully saturated rings. The molecule has 2 rings (SSSR count). The Kier molecular flexibility index (Phi) is 6.99. The van der Waals surface area contributed by atoms with E-state index in [1.54, 1.807) is 18.2 Å². The van der Waals surface area contributed by atoms with Crippen LogP contribution in [0.3, 0.4) is 0 Å². The van der Waals surface area contributed by atoms with Crippen molar-refractivity contribution in [1.29, 1.82) is 0 Å². The zero-order chi connectivity index (χ0) is 20.0. The number of amides is 2. The third-order valence-electron chi connectivity index (χ3n) is 4.63. The van der Waals surface area contributed by atoms with Crippen LogP contribution in [0.25, 0.3) is 0 Å². The summed E-state index contributed by atoms with van der Waals surface area (Å²) in [6.45, 7) is 14.3. The fraction of sp³-hybridized carbons (Fsp3) is 0.364. The normalized spacial score (nSPS) is 15.2. The molecular weight excluding hydrogens is 338 g/mol. The summed E-state index contributed by atoms with van der Waals surface area (Å²) in [6.07, 6.45) is 5.13. The fourth-order valence-corrected chi connectivity index (χ4v) is 3.19. The number of carbonyl (C=O) groups is 2. The summed E-state index contributed by atoms with van der Waals surface area (Å²) in [5, 5.41) is 2.70. The number of hydrogen-bond donors (Lipinski definition) is 1. The average molecular weight is 367 g/mol. The van der Waals surface area contributed by atoms with Crippen LogP contribution in [0.15, 0.2) is 54.3 Å². The van der Waals surface area contributed by atoms with E-state index in [1.807, 2.05) is 11.8 Å². The largest absolute Gasteiger partial charge is 0.368 e. The van der Waals surface area contributed by atoms with Crippen LogP contribution in [0, 0.1) is 13.8 Å². The maximum Gasteiger partial charge on any atom is 0.253 e. The maximum atomic E-state index is 12.6. The van der Waals surface area contributed by atoms with Crippen molar-refractivity contribution in [3.63, 3.8) is 0 Å². The van der Waals surface area contributed by atoms with Gasteiger partial charge in [-0.15, -0.1) is 0 Å². The first-order valence-corrected chi connectivity index (χ1v) is 9.24. The van der Waals surface area contributed by atoms with E-state index < -0.39 is 0 Å². The van der Waals surface area contributed by atoms with Gasteiger partial charge in [0.1, 0.15) is 0 Å². The van der Waals surface area contributed by atoms with Crippen LogP contribution >= 0.6 is 0 Å². The van der Waals surface area contributed by atoms with E-state index in [0.29, 0.717) is 24.4 Å². The molecule has 5 nitrogen and oxygen atoms in total. The van der Waals surface area contributed by atoms with Crippen LogP contribution < -0.4 is 10.2 Å². The molecule has 1 heterocycles. The van der Waals surface area contributed by atoms with Crippen LogP contribution in [0.2, 0.25) is 0 Å². The SMILES string of the molecule is C=C(/C=C\C(=C/C)NC(C)=O)C(=O)N1CCN(c2ccc(C)cc2C)CC1. The predicted molar refractivity (Wildman–Crippen MR) is 111 cm³/mol. The Bertz CT molecular complexity index is 785. The van der Waals surface area contributed by atoms with Crippen molar-refractivity contribution in [3.05, 3.63) is 65.4 Å². The molecule has 27 heavy (non-hydrogen) atoms. The lowest BCUT2D eigenvalue weighted by Gasteiger charge is -2.37. The molecule has 144 valence electrons. The average Bonchev–Trinajstić information content (AvgIpc) is 2.64. The van der Waals surface area contributed by atoms with E-state index in [-0.39, 0.29) is 11.8 Å². The van der Waals surface area contributed by atoms with E-state index in [0.717, 1.165) is 13.1 Å². The number of allylic oxidation sites excluding steroid dienone is 2. The van der Waals surface area contributed by atoms with Gasteiger partial charge in [0.05, 0.1) is 0 Å². The molecule has 0 radical (unpaired) electrons. The Morgan fingerprint density at radius 1 is 1.11 bits per heavy atom. The van der Waals surface area contributed by atoms with Crippen LogP contribution in [-0.2, 0) is 9.59 Å². The van der Waals surface area contributed by atoms with E-state index in [1.165, 1.54) is 23.7 Å². The van der Waals surface area contributed by atoms with Crippen molar-refractivity contribution >= 4 is 17.5 Å². The summed E-state index contributed by atoms with van der Waals surface area (Å²) >= 11 is 0. The van der Waals surface area contributed by atoms with Crippen LogP contribution in [0.1, 0.15) is 25.0 Å². The number of rotatable bonds is 5. The van der Waals surface area contributed by atoms with Crippen LogP contribution in [-0.4, -0.2) is 42.9 Å². The number of benzene rings is 1. The van der Waals surface area contributed by atoms with Crippen molar-refractivity contribution in [3.8, 4) is 0 Å². The number of hydrogen-bond acceptors (Lipinski definition) is 3. The van der Waals surface area contributed by atoms with Gasteiger partial charge in [-0.2, -0.15) is 0 Å². The first-order valence-electron chi connectivity index (χ1n) is 9.24. The molecule has 1 aliphatic rings. The third kappa shape index (κ3) is 5.58. The Hall–Kier alpha value is -2.82. The van der Waals surface area contributed by atoms with E-state index in [2.05, 4.69) is 48.8 Å². The lowest BCUT2D eigenvalue weighted by Crippen LogP contribution is -2.49. The molecule has 0 atom stereocenters. The van der Waals surface area contributed by atoms with Gasteiger partial charge in [-0.05, 0) is 44.6 Å². The van der Waals surface area contributed by atoms with E-state index in [4.69, 9.17) is 0 Å². The van der Waals surface area contributed by atoms with Gasteiger partial charge in [-0.1, -0.05) is 30.4 Å². The summed E-state index contributed by atoms with van der Waals surface area (Å²) in [5.74, 6) is -0.211. The summed E-state index contributed by atoms with van der Waals surface area (Å²) in [6, 6.07) is 6.47. The van der Waals surface area contributed by atoms with Gasteiger partial charge in [0.15, 0.2) is 0 Å². The number of aryl methyl sites for hydroxylation is 2. The van der Waals surface area contributed by atoms with Crippen molar-refractivity contribution in [1.82, 2.24) is 10.2 Å². The molecule has 5 heteroatoms. The molecule has 1 aliphatic heterocycles. The highest BCUT2D eigenvalue weighted by Gasteiger charge is 2.22. The summed E-state index contributed by atoms with van der Waals surface area (Å²) in [5.41, 5.74) is 4.82. The highest BCUT2D eigenvalue weighted by molar-refractivity contribution is 5.95. The second-order valence-corrected chi connectivity index (χ2v) is 6.85. The highest BCUT2D eigenvalue weighted by atomic mass is 16.2. The lowest BCUT2D eigenvalue weighted by atomic mass is 10.1. The van der Waals surface area contributed by atoms with E-state index >= 15 is 0 Å². The zero-order valence-corrected chi connectivity index (χ0v) is 16.7. The van der Waals surface area contributed by atoms with Gasteiger partial charge < -0.3 is 15.1 Å². The molecule has 1 N–H and O–H groups in total. The summed E-state index contributed by atoms with van der Waals surface area (Å²) < 4.78 is 0. The van der Waals surface area contributed by atoms with E-state index in [9.17, 15) is 9.59 Å².